The van der Waals surface area contributed by atoms with Crippen LogP contribution < -0.4 is 5.32 Å². The molecule has 1 rings (SSSR count). The van der Waals surface area contributed by atoms with Crippen molar-refractivity contribution < 1.29 is 0 Å². The smallest absolute Gasteiger partial charge is 0.0638 e. The molecule has 0 aromatic carbocycles. The molecule has 3 heteroatoms. The lowest BCUT2D eigenvalue weighted by Gasteiger charge is -2.36. The molecule has 0 bridgehead atoms. The molecule has 0 aliphatic carbocycles. The van der Waals surface area contributed by atoms with Gasteiger partial charge < -0.3 is 5.32 Å². The fourth-order valence-electron chi connectivity index (χ4n) is 2.01. The minimum atomic E-state index is 0.202. The first kappa shape index (κ1) is 12.5. The highest BCUT2D eigenvalue weighted by Crippen LogP contribution is 2.18. The van der Waals surface area contributed by atoms with Crippen molar-refractivity contribution in [2.75, 3.05) is 19.6 Å². The molecule has 0 saturated carbocycles. The van der Waals surface area contributed by atoms with Gasteiger partial charge in [0.05, 0.1) is 12.5 Å². The van der Waals surface area contributed by atoms with E-state index in [0.717, 1.165) is 19.6 Å². The fourth-order valence-corrected chi connectivity index (χ4v) is 2.01. The topological polar surface area (TPSA) is 39.1 Å². The third-order valence-corrected chi connectivity index (χ3v) is 3.01. The Morgan fingerprint density at radius 3 is 2.60 bits per heavy atom. The van der Waals surface area contributed by atoms with E-state index >= 15 is 0 Å². The van der Waals surface area contributed by atoms with Crippen molar-refractivity contribution in [1.29, 1.82) is 5.26 Å². The molecule has 1 saturated heterocycles. The van der Waals surface area contributed by atoms with E-state index < -0.39 is 0 Å². The highest BCUT2D eigenvalue weighted by molar-refractivity contribution is 4.90. The van der Waals surface area contributed by atoms with Gasteiger partial charge in [-0.15, -0.1) is 0 Å². The summed E-state index contributed by atoms with van der Waals surface area (Å²) < 4.78 is 0. The first-order valence-electron chi connectivity index (χ1n) is 5.79. The van der Waals surface area contributed by atoms with Gasteiger partial charge in [-0.05, 0) is 33.2 Å². The van der Waals surface area contributed by atoms with Gasteiger partial charge in [0.15, 0.2) is 0 Å². The van der Waals surface area contributed by atoms with E-state index in [0.29, 0.717) is 18.4 Å². The van der Waals surface area contributed by atoms with Crippen LogP contribution in [0.2, 0.25) is 0 Å². The van der Waals surface area contributed by atoms with Crippen LogP contribution in [-0.2, 0) is 0 Å². The lowest BCUT2D eigenvalue weighted by Crippen LogP contribution is -2.47. The second-order valence-corrected chi connectivity index (χ2v) is 5.65. The van der Waals surface area contributed by atoms with Crippen molar-refractivity contribution in [3.63, 3.8) is 0 Å². The highest BCUT2D eigenvalue weighted by atomic mass is 15.2. The van der Waals surface area contributed by atoms with Crippen LogP contribution in [0.5, 0.6) is 0 Å². The Hall–Kier alpha value is -0.590. The van der Waals surface area contributed by atoms with Gasteiger partial charge in [-0.1, -0.05) is 6.92 Å². The Labute approximate surface area is 93.5 Å². The second-order valence-electron chi connectivity index (χ2n) is 5.65. The summed E-state index contributed by atoms with van der Waals surface area (Å²) in [7, 11) is 0. The van der Waals surface area contributed by atoms with Crippen molar-refractivity contribution in [1.82, 2.24) is 10.2 Å². The molecule has 86 valence electrons. The van der Waals surface area contributed by atoms with Gasteiger partial charge in [0.25, 0.3) is 0 Å². The van der Waals surface area contributed by atoms with Crippen LogP contribution in [0.25, 0.3) is 0 Å². The SMILES string of the molecule is CC1CNC(CC#N)CN(C(C)(C)C)C1. The molecule has 15 heavy (non-hydrogen) atoms. The normalized spacial score (nSPS) is 29.5. The maximum Gasteiger partial charge on any atom is 0.0638 e. The van der Waals surface area contributed by atoms with Crippen LogP contribution in [0.15, 0.2) is 0 Å². The molecule has 0 aromatic rings. The van der Waals surface area contributed by atoms with Crippen LogP contribution in [0.4, 0.5) is 0 Å². The average Bonchev–Trinajstić information content (AvgIpc) is 2.28. The Morgan fingerprint density at radius 1 is 1.40 bits per heavy atom. The summed E-state index contributed by atoms with van der Waals surface area (Å²) in [6, 6.07) is 2.60. The standard InChI is InChI=1S/C12H23N3/c1-10-7-14-11(5-6-13)9-15(8-10)12(2,3)4/h10-11,14H,5,7-9H2,1-4H3. The molecule has 0 aromatic heterocycles. The second kappa shape index (κ2) is 4.96. The molecule has 1 N–H and O–H groups in total. The van der Waals surface area contributed by atoms with E-state index in [4.69, 9.17) is 5.26 Å². The van der Waals surface area contributed by atoms with Gasteiger partial charge in [-0.2, -0.15) is 5.26 Å². The van der Waals surface area contributed by atoms with E-state index in [9.17, 15) is 0 Å². The van der Waals surface area contributed by atoms with Gasteiger partial charge in [-0.3, -0.25) is 4.90 Å². The molecule has 3 nitrogen and oxygen atoms in total. The average molecular weight is 209 g/mol. The summed E-state index contributed by atoms with van der Waals surface area (Å²) in [6.07, 6.45) is 0.610. The lowest BCUT2D eigenvalue weighted by molar-refractivity contribution is 0.122. The molecule has 0 radical (unpaired) electrons. The number of hydrogen-bond donors (Lipinski definition) is 1. The van der Waals surface area contributed by atoms with Crippen molar-refractivity contribution >= 4 is 0 Å². The van der Waals surface area contributed by atoms with Gasteiger partial charge >= 0.3 is 0 Å². The van der Waals surface area contributed by atoms with E-state index in [1.54, 1.807) is 0 Å². The van der Waals surface area contributed by atoms with Gasteiger partial charge in [0.2, 0.25) is 0 Å². The third-order valence-electron chi connectivity index (χ3n) is 3.01. The third kappa shape index (κ3) is 3.81. The predicted molar refractivity (Wildman–Crippen MR) is 62.5 cm³/mol. The molecule has 1 aliphatic rings. The largest absolute Gasteiger partial charge is 0.311 e. The maximum atomic E-state index is 8.76. The molecular weight excluding hydrogens is 186 g/mol. The van der Waals surface area contributed by atoms with Crippen LogP contribution in [0.3, 0.4) is 0 Å². The Balaban J connectivity index is 2.66. The molecule has 1 heterocycles. The lowest BCUT2D eigenvalue weighted by atomic mass is 10.0. The van der Waals surface area contributed by atoms with Gasteiger partial charge in [0.1, 0.15) is 0 Å². The molecule has 0 spiro atoms. The molecule has 2 atom stereocenters. The van der Waals surface area contributed by atoms with Crippen LogP contribution in [0, 0.1) is 17.2 Å². The van der Waals surface area contributed by atoms with Crippen molar-refractivity contribution in [2.24, 2.45) is 5.92 Å². The summed E-state index contributed by atoms with van der Waals surface area (Å²) in [5.74, 6) is 0.660. The van der Waals surface area contributed by atoms with E-state index in [1.807, 2.05) is 0 Å². The Morgan fingerprint density at radius 2 is 2.07 bits per heavy atom. The first-order valence-corrected chi connectivity index (χ1v) is 5.79. The van der Waals surface area contributed by atoms with Gasteiger partial charge in [0, 0.05) is 24.7 Å². The summed E-state index contributed by atoms with van der Waals surface area (Å²) in [6.45, 7) is 12.1. The number of hydrogen-bond acceptors (Lipinski definition) is 3. The van der Waals surface area contributed by atoms with Gasteiger partial charge in [-0.25, -0.2) is 0 Å². The minimum Gasteiger partial charge on any atom is -0.311 e. The van der Waals surface area contributed by atoms with Crippen molar-refractivity contribution in [2.45, 2.75) is 45.7 Å². The summed E-state index contributed by atoms with van der Waals surface area (Å²) >= 11 is 0. The highest BCUT2D eigenvalue weighted by Gasteiger charge is 2.28. The number of nitrogens with zero attached hydrogens (tertiary/aromatic N) is 2. The number of nitriles is 1. The summed E-state index contributed by atoms with van der Waals surface area (Å²) in [5, 5.41) is 12.2. The van der Waals surface area contributed by atoms with Crippen LogP contribution >= 0.6 is 0 Å². The molecule has 2 unspecified atom stereocenters. The fraction of sp³-hybridized carbons (Fsp3) is 0.917. The molecule has 0 amide bonds. The van der Waals surface area contributed by atoms with Crippen LogP contribution in [-0.4, -0.2) is 36.1 Å². The van der Waals surface area contributed by atoms with Crippen molar-refractivity contribution in [3.8, 4) is 6.07 Å². The quantitative estimate of drug-likeness (QED) is 0.713. The van der Waals surface area contributed by atoms with E-state index in [2.05, 4.69) is 44.0 Å². The monoisotopic (exact) mass is 209 g/mol. The zero-order valence-electron chi connectivity index (χ0n) is 10.4. The predicted octanol–water partition coefficient (Wildman–Crippen LogP) is 1.61. The Kier molecular flexibility index (Phi) is 4.12. The van der Waals surface area contributed by atoms with Crippen LogP contribution in [0.1, 0.15) is 34.1 Å². The maximum absolute atomic E-state index is 8.76. The van der Waals surface area contributed by atoms with Crippen molar-refractivity contribution in [3.05, 3.63) is 0 Å². The first-order chi connectivity index (χ1) is 6.93. The summed E-state index contributed by atoms with van der Waals surface area (Å²) in [5.41, 5.74) is 0.202. The molecular formula is C12H23N3. The number of rotatable bonds is 1. The Bertz CT molecular complexity index is 236. The van der Waals surface area contributed by atoms with E-state index in [1.165, 1.54) is 0 Å². The molecule has 1 fully saturated rings. The van der Waals surface area contributed by atoms with E-state index in [-0.39, 0.29) is 5.54 Å². The zero-order valence-corrected chi connectivity index (χ0v) is 10.4. The number of nitrogens with one attached hydrogen (secondary N) is 1. The minimum absolute atomic E-state index is 0.202. The molecule has 1 aliphatic heterocycles. The summed E-state index contributed by atoms with van der Waals surface area (Å²) in [4.78, 5) is 2.49. The zero-order chi connectivity index (χ0) is 11.5.